The van der Waals surface area contributed by atoms with E-state index >= 15 is 0 Å². The normalized spacial score (nSPS) is 11.6. The van der Waals surface area contributed by atoms with Gasteiger partial charge in [-0.1, -0.05) is 30.3 Å². The first-order valence-electron chi connectivity index (χ1n) is 7.95. The molecule has 0 heterocycles. The Morgan fingerprint density at radius 2 is 1.92 bits per heavy atom. The molecule has 2 rings (SSSR count). The SMILES string of the molecule is CC(Oc1ccccc1)C(=O)Nc1cccc(CSCCC(=O)O)c1. The first-order chi connectivity index (χ1) is 12.0. The fraction of sp³-hybridized carbons (Fsp3) is 0.263. The van der Waals surface area contributed by atoms with Crippen molar-refractivity contribution in [1.29, 1.82) is 0 Å². The number of benzene rings is 2. The summed E-state index contributed by atoms with van der Waals surface area (Å²) in [5, 5.41) is 11.5. The standard InChI is InChI=1S/C19H21NO4S/c1-14(24-17-8-3-2-4-9-17)19(23)20-16-7-5-6-15(12-16)13-25-11-10-18(21)22/h2-9,12,14H,10-11,13H2,1H3,(H,20,23)(H,21,22). The third kappa shape index (κ3) is 6.89. The van der Waals surface area contributed by atoms with Crippen LogP contribution in [-0.2, 0) is 15.3 Å². The van der Waals surface area contributed by atoms with Gasteiger partial charge in [-0.15, -0.1) is 0 Å². The summed E-state index contributed by atoms with van der Waals surface area (Å²) in [4.78, 5) is 22.8. The van der Waals surface area contributed by atoms with Gasteiger partial charge in [0.2, 0.25) is 0 Å². The van der Waals surface area contributed by atoms with Gasteiger partial charge in [0.05, 0.1) is 6.42 Å². The van der Waals surface area contributed by atoms with Crippen LogP contribution in [0.4, 0.5) is 5.69 Å². The number of ether oxygens (including phenoxy) is 1. The van der Waals surface area contributed by atoms with Gasteiger partial charge in [-0.2, -0.15) is 11.8 Å². The predicted octanol–water partition coefficient (Wildman–Crippen LogP) is 3.80. The van der Waals surface area contributed by atoms with Crippen LogP contribution in [0.15, 0.2) is 54.6 Å². The summed E-state index contributed by atoms with van der Waals surface area (Å²) < 4.78 is 5.61. The Labute approximate surface area is 151 Å². The topological polar surface area (TPSA) is 75.6 Å². The maximum absolute atomic E-state index is 12.3. The molecule has 0 aliphatic carbocycles. The number of para-hydroxylation sites is 1. The molecule has 0 aliphatic heterocycles. The van der Waals surface area contributed by atoms with Gasteiger partial charge < -0.3 is 15.2 Å². The largest absolute Gasteiger partial charge is 0.481 e. The number of carboxylic acid groups (broad SMARTS) is 1. The van der Waals surface area contributed by atoms with Crippen molar-refractivity contribution in [3.05, 3.63) is 60.2 Å². The summed E-state index contributed by atoms with van der Waals surface area (Å²) in [6.07, 6.45) is -0.467. The monoisotopic (exact) mass is 359 g/mol. The molecule has 1 atom stereocenters. The smallest absolute Gasteiger partial charge is 0.304 e. The zero-order chi connectivity index (χ0) is 18.1. The maximum Gasteiger partial charge on any atom is 0.304 e. The minimum Gasteiger partial charge on any atom is -0.481 e. The van der Waals surface area contributed by atoms with E-state index < -0.39 is 12.1 Å². The highest BCUT2D eigenvalue weighted by Gasteiger charge is 2.14. The second-order valence-electron chi connectivity index (χ2n) is 5.46. The fourth-order valence-electron chi connectivity index (χ4n) is 2.09. The van der Waals surface area contributed by atoms with Gasteiger partial charge in [0.1, 0.15) is 5.75 Å². The molecule has 2 aromatic rings. The van der Waals surface area contributed by atoms with E-state index in [0.29, 0.717) is 22.9 Å². The average Bonchev–Trinajstić information content (AvgIpc) is 2.60. The lowest BCUT2D eigenvalue weighted by atomic mass is 10.2. The highest BCUT2D eigenvalue weighted by molar-refractivity contribution is 7.98. The molecule has 132 valence electrons. The number of anilines is 1. The molecule has 0 saturated heterocycles. The van der Waals surface area contributed by atoms with Crippen molar-refractivity contribution in [3.63, 3.8) is 0 Å². The quantitative estimate of drug-likeness (QED) is 0.666. The first kappa shape index (κ1) is 18.9. The molecule has 0 aromatic heterocycles. The lowest BCUT2D eigenvalue weighted by molar-refractivity contribution is -0.136. The van der Waals surface area contributed by atoms with E-state index in [1.807, 2.05) is 42.5 Å². The molecule has 1 amide bonds. The van der Waals surface area contributed by atoms with Crippen LogP contribution in [0, 0.1) is 0 Å². The number of amides is 1. The van der Waals surface area contributed by atoms with Crippen molar-refractivity contribution < 1.29 is 19.4 Å². The molecule has 5 nitrogen and oxygen atoms in total. The van der Waals surface area contributed by atoms with Gasteiger partial charge in [0.25, 0.3) is 5.91 Å². The van der Waals surface area contributed by atoms with Crippen LogP contribution in [-0.4, -0.2) is 28.8 Å². The Bertz CT molecular complexity index is 706. The molecule has 0 radical (unpaired) electrons. The molecule has 2 aromatic carbocycles. The zero-order valence-corrected chi connectivity index (χ0v) is 14.8. The van der Waals surface area contributed by atoms with Gasteiger partial charge in [0.15, 0.2) is 6.10 Å². The lowest BCUT2D eigenvalue weighted by Crippen LogP contribution is -2.30. The molecule has 0 aliphatic rings. The highest BCUT2D eigenvalue weighted by Crippen LogP contribution is 2.18. The molecular weight excluding hydrogens is 338 g/mol. The van der Waals surface area contributed by atoms with Crippen LogP contribution in [0.2, 0.25) is 0 Å². The fourth-order valence-corrected chi connectivity index (χ4v) is 2.97. The number of carbonyl (C=O) groups is 2. The van der Waals surface area contributed by atoms with Crippen LogP contribution >= 0.6 is 11.8 Å². The summed E-state index contributed by atoms with van der Waals surface area (Å²) in [6, 6.07) is 16.7. The van der Waals surface area contributed by atoms with E-state index in [4.69, 9.17) is 9.84 Å². The second-order valence-corrected chi connectivity index (χ2v) is 6.56. The van der Waals surface area contributed by atoms with Crippen molar-refractivity contribution in [2.45, 2.75) is 25.2 Å². The van der Waals surface area contributed by atoms with E-state index in [1.54, 1.807) is 30.8 Å². The van der Waals surface area contributed by atoms with Crippen LogP contribution in [0.5, 0.6) is 5.75 Å². The number of rotatable bonds is 9. The number of hydrogen-bond acceptors (Lipinski definition) is 4. The molecule has 0 bridgehead atoms. The summed E-state index contributed by atoms with van der Waals surface area (Å²) in [5.74, 6) is 0.898. The molecule has 1 unspecified atom stereocenters. The van der Waals surface area contributed by atoms with Gasteiger partial charge in [-0.3, -0.25) is 9.59 Å². The Kier molecular flexibility index (Phi) is 7.35. The third-order valence-corrected chi connectivity index (χ3v) is 4.38. The van der Waals surface area contributed by atoms with Crippen molar-refractivity contribution in [3.8, 4) is 5.75 Å². The van der Waals surface area contributed by atoms with E-state index in [9.17, 15) is 9.59 Å². The number of hydrogen-bond donors (Lipinski definition) is 2. The average molecular weight is 359 g/mol. The van der Waals surface area contributed by atoms with Crippen LogP contribution < -0.4 is 10.1 Å². The zero-order valence-electron chi connectivity index (χ0n) is 14.0. The van der Waals surface area contributed by atoms with Crippen molar-refractivity contribution in [1.82, 2.24) is 0 Å². The van der Waals surface area contributed by atoms with Gasteiger partial charge >= 0.3 is 5.97 Å². The van der Waals surface area contributed by atoms with E-state index in [-0.39, 0.29) is 12.3 Å². The highest BCUT2D eigenvalue weighted by atomic mass is 32.2. The number of nitrogens with one attached hydrogen (secondary N) is 1. The van der Waals surface area contributed by atoms with Crippen molar-refractivity contribution in [2.75, 3.05) is 11.1 Å². The lowest BCUT2D eigenvalue weighted by Gasteiger charge is -2.15. The summed E-state index contributed by atoms with van der Waals surface area (Å²) in [6.45, 7) is 1.70. The minimum absolute atomic E-state index is 0.148. The number of carbonyl (C=O) groups excluding carboxylic acids is 1. The third-order valence-electron chi connectivity index (χ3n) is 3.35. The van der Waals surface area contributed by atoms with Gasteiger partial charge in [-0.05, 0) is 36.8 Å². The molecule has 2 N–H and O–H groups in total. The van der Waals surface area contributed by atoms with Crippen LogP contribution in [0.3, 0.4) is 0 Å². The van der Waals surface area contributed by atoms with Crippen LogP contribution in [0.25, 0.3) is 0 Å². The Balaban J connectivity index is 1.85. The Morgan fingerprint density at radius 3 is 2.64 bits per heavy atom. The Morgan fingerprint density at radius 1 is 1.16 bits per heavy atom. The van der Waals surface area contributed by atoms with Gasteiger partial charge in [0, 0.05) is 17.2 Å². The van der Waals surface area contributed by atoms with E-state index in [0.717, 1.165) is 5.56 Å². The molecule has 0 spiro atoms. The van der Waals surface area contributed by atoms with E-state index in [2.05, 4.69) is 5.32 Å². The summed E-state index contributed by atoms with van der Waals surface area (Å²) in [5.41, 5.74) is 1.73. The number of thioether (sulfide) groups is 1. The van der Waals surface area contributed by atoms with Gasteiger partial charge in [-0.25, -0.2) is 0 Å². The van der Waals surface area contributed by atoms with E-state index in [1.165, 1.54) is 0 Å². The molecule has 0 saturated carbocycles. The van der Waals surface area contributed by atoms with Crippen molar-refractivity contribution >= 4 is 29.3 Å². The molecule has 6 heteroatoms. The summed E-state index contributed by atoms with van der Waals surface area (Å²) in [7, 11) is 0. The van der Waals surface area contributed by atoms with Crippen LogP contribution in [0.1, 0.15) is 18.9 Å². The second kappa shape index (κ2) is 9.74. The number of aliphatic carboxylic acids is 1. The van der Waals surface area contributed by atoms with Crippen molar-refractivity contribution in [2.24, 2.45) is 0 Å². The Hall–Kier alpha value is -2.47. The molecule has 0 fully saturated rings. The molecular formula is C19H21NO4S. The maximum atomic E-state index is 12.3. The summed E-state index contributed by atoms with van der Waals surface area (Å²) >= 11 is 1.55. The number of carboxylic acids is 1. The minimum atomic E-state index is -0.791. The first-order valence-corrected chi connectivity index (χ1v) is 9.11. The predicted molar refractivity (Wildman–Crippen MR) is 100 cm³/mol. The molecule has 25 heavy (non-hydrogen) atoms.